The normalized spacial score (nSPS) is 19.9. The Morgan fingerprint density at radius 1 is 1.07 bits per heavy atom. The van der Waals surface area contributed by atoms with Crippen LogP contribution in [0.2, 0.25) is 0 Å². The molecule has 2 aromatic carbocycles. The third-order valence-electron chi connectivity index (χ3n) is 5.82. The number of nitrogens with zero attached hydrogens (tertiary/aromatic N) is 2. The maximum Gasteiger partial charge on any atom is 0.251 e. The SMILES string of the molecule is O=C(NCC1CCN(c2ccc(F)cc2)C1)c1cccc(CN2CCCC2)c1. The van der Waals surface area contributed by atoms with Gasteiger partial charge in [-0.25, -0.2) is 4.39 Å². The average Bonchev–Trinajstić information content (AvgIpc) is 3.39. The molecule has 1 N–H and O–H groups in total. The highest BCUT2D eigenvalue weighted by molar-refractivity contribution is 5.94. The number of carbonyl (C=O) groups is 1. The van der Waals surface area contributed by atoms with Gasteiger partial charge in [0, 0.05) is 37.4 Å². The number of nitrogens with one attached hydrogen (secondary N) is 1. The predicted octanol–water partition coefficient (Wildman–Crippen LogP) is 3.68. The first-order valence-electron chi connectivity index (χ1n) is 10.3. The first kappa shape index (κ1) is 18.9. The first-order chi connectivity index (χ1) is 13.7. The van der Waals surface area contributed by atoms with Gasteiger partial charge in [-0.1, -0.05) is 12.1 Å². The Kier molecular flexibility index (Phi) is 5.91. The molecule has 28 heavy (non-hydrogen) atoms. The fourth-order valence-corrected chi connectivity index (χ4v) is 4.23. The maximum atomic E-state index is 13.1. The van der Waals surface area contributed by atoms with Crippen molar-refractivity contribution in [3.8, 4) is 0 Å². The lowest BCUT2D eigenvalue weighted by Gasteiger charge is -2.19. The van der Waals surface area contributed by atoms with Gasteiger partial charge in [-0.3, -0.25) is 9.69 Å². The largest absolute Gasteiger partial charge is 0.371 e. The van der Waals surface area contributed by atoms with Crippen LogP contribution in [0, 0.1) is 11.7 Å². The maximum absolute atomic E-state index is 13.1. The quantitative estimate of drug-likeness (QED) is 0.829. The Labute approximate surface area is 166 Å². The minimum Gasteiger partial charge on any atom is -0.371 e. The van der Waals surface area contributed by atoms with E-state index in [2.05, 4.69) is 21.2 Å². The van der Waals surface area contributed by atoms with E-state index in [1.165, 1.54) is 30.5 Å². The third kappa shape index (κ3) is 4.71. The molecule has 2 aliphatic rings. The summed E-state index contributed by atoms with van der Waals surface area (Å²) >= 11 is 0. The molecule has 0 radical (unpaired) electrons. The summed E-state index contributed by atoms with van der Waals surface area (Å²) in [6.07, 6.45) is 3.58. The van der Waals surface area contributed by atoms with Crippen molar-refractivity contribution in [3.63, 3.8) is 0 Å². The van der Waals surface area contributed by atoms with Gasteiger partial charge in [0.25, 0.3) is 5.91 Å². The van der Waals surface area contributed by atoms with Crippen molar-refractivity contribution in [1.29, 1.82) is 0 Å². The molecule has 0 aliphatic carbocycles. The highest BCUT2D eigenvalue weighted by atomic mass is 19.1. The molecule has 4 rings (SSSR count). The number of carbonyl (C=O) groups excluding carboxylic acids is 1. The first-order valence-corrected chi connectivity index (χ1v) is 10.3. The Balaban J connectivity index is 1.28. The molecule has 2 fully saturated rings. The standard InChI is InChI=1S/C23H28FN3O/c24-21-6-8-22(9-7-21)27-13-10-19(17-27)15-25-23(28)20-5-3-4-18(14-20)16-26-11-1-2-12-26/h3-9,14,19H,1-2,10-13,15-17H2,(H,25,28). The Bertz CT molecular complexity index is 802. The molecule has 2 heterocycles. The van der Waals surface area contributed by atoms with Gasteiger partial charge in [-0.05, 0) is 80.2 Å². The highest BCUT2D eigenvalue weighted by Gasteiger charge is 2.23. The lowest BCUT2D eigenvalue weighted by atomic mass is 10.1. The lowest BCUT2D eigenvalue weighted by molar-refractivity contribution is 0.0948. The molecular formula is C23H28FN3O. The zero-order chi connectivity index (χ0) is 19.3. The summed E-state index contributed by atoms with van der Waals surface area (Å²) in [5.41, 5.74) is 2.99. The van der Waals surface area contributed by atoms with E-state index >= 15 is 0 Å². The van der Waals surface area contributed by atoms with E-state index in [1.54, 1.807) is 0 Å². The summed E-state index contributed by atoms with van der Waals surface area (Å²) in [4.78, 5) is 17.3. The predicted molar refractivity (Wildman–Crippen MR) is 110 cm³/mol. The smallest absolute Gasteiger partial charge is 0.251 e. The minimum absolute atomic E-state index is 0.00324. The highest BCUT2D eigenvalue weighted by Crippen LogP contribution is 2.23. The fourth-order valence-electron chi connectivity index (χ4n) is 4.23. The van der Waals surface area contributed by atoms with Gasteiger partial charge >= 0.3 is 0 Å². The summed E-state index contributed by atoms with van der Waals surface area (Å²) in [6, 6.07) is 14.6. The van der Waals surface area contributed by atoms with Crippen molar-refractivity contribution in [2.45, 2.75) is 25.8 Å². The van der Waals surface area contributed by atoms with Gasteiger partial charge in [0.1, 0.15) is 5.82 Å². The van der Waals surface area contributed by atoms with Crippen LogP contribution < -0.4 is 10.2 Å². The zero-order valence-corrected chi connectivity index (χ0v) is 16.2. The Morgan fingerprint density at radius 2 is 1.86 bits per heavy atom. The van der Waals surface area contributed by atoms with Gasteiger partial charge in [0.15, 0.2) is 0 Å². The van der Waals surface area contributed by atoms with Crippen molar-refractivity contribution in [3.05, 3.63) is 65.5 Å². The monoisotopic (exact) mass is 381 g/mol. The number of benzene rings is 2. The molecule has 2 aliphatic heterocycles. The fraction of sp³-hybridized carbons (Fsp3) is 0.435. The molecule has 2 aromatic rings. The molecule has 1 unspecified atom stereocenters. The molecule has 148 valence electrons. The van der Waals surface area contributed by atoms with Crippen molar-refractivity contribution in [2.75, 3.05) is 37.6 Å². The summed E-state index contributed by atoms with van der Waals surface area (Å²) in [5.74, 6) is 0.212. The zero-order valence-electron chi connectivity index (χ0n) is 16.2. The van der Waals surface area contributed by atoms with E-state index in [0.717, 1.165) is 50.4 Å². The van der Waals surface area contributed by atoms with Crippen LogP contribution in [0.25, 0.3) is 0 Å². The topological polar surface area (TPSA) is 35.6 Å². The van der Waals surface area contributed by atoms with Crippen LogP contribution in [0.5, 0.6) is 0 Å². The molecule has 1 atom stereocenters. The van der Waals surface area contributed by atoms with Crippen LogP contribution in [0.3, 0.4) is 0 Å². The van der Waals surface area contributed by atoms with Crippen LogP contribution in [0.15, 0.2) is 48.5 Å². The van der Waals surface area contributed by atoms with E-state index in [-0.39, 0.29) is 11.7 Å². The van der Waals surface area contributed by atoms with Crippen LogP contribution in [0.1, 0.15) is 35.2 Å². The van der Waals surface area contributed by atoms with Crippen LogP contribution in [-0.2, 0) is 6.54 Å². The van der Waals surface area contributed by atoms with Crippen LogP contribution >= 0.6 is 0 Å². The average molecular weight is 381 g/mol. The van der Waals surface area contributed by atoms with Gasteiger partial charge in [0.2, 0.25) is 0 Å². The second-order valence-electron chi connectivity index (χ2n) is 7.97. The van der Waals surface area contributed by atoms with Gasteiger partial charge in [0.05, 0.1) is 0 Å². The van der Waals surface area contributed by atoms with Gasteiger partial charge in [-0.15, -0.1) is 0 Å². The number of hydrogen-bond acceptors (Lipinski definition) is 3. The summed E-state index contributed by atoms with van der Waals surface area (Å²) in [7, 11) is 0. The van der Waals surface area contributed by atoms with E-state index in [9.17, 15) is 9.18 Å². The second kappa shape index (κ2) is 8.74. The molecule has 0 aromatic heterocycles. The number of amides is 1. The molecule has 0 saturated carbocycles. The summed E-state index contributed by atoms with van der Waals surface area (Å²) in [5, 5.41) is 3.10. The molecule has 1 amide bonds. The van der Waals surface area contributed by atoms with Crippen LogP contribution in [0.4, 0.5) is 10.1 Å². The van der Waals surface area contributed by atoms with Crippen molar-refractivity contribution < 1.29 is 9.18 Å². The number of anilines is 1. The second-order valence-corrected chi connectivity index (χ2v) is 7.97. The number of rotatable bonds is 6. The number of halogens is 1. The van der Waals surface area contributed by atoms with Crippen molar-refractivity contribution in [2.24, 2.45) is 5.92 Å². The number of likely N-dealkylation sites (tertiary alicyclic amines) is 1. The van der Waals surface area contributed by atoms with E-state index in [4.69, 9.17) is 0 Å². The van der Waals surface area contributed by atoms with Crippen molar-refractivity contribution >= 4 is 11.6 Å². The van der Waals surface area contributed by atoms with E-state index < -0.39 is 0 Å². The number of hydrogen-bond donors (Lipinski definition) is 1. The van der Waals surface area contributed by atoms with Gasteiger partial charge < -0.3 is 10.2 Å². The molecule has 4 nitrogen and oxygen atoms in total. The van der Waals surface area contributed by atoms with Gasteiger partial charge in [-0.2, -0.15) is 0 Å². The Hall–Kier alpha value is -2.40. The summed E-state index contributed by atoms with van der Waals surface area (Å²) in [6.45, 7) is 5.74. The molecule has 2 saturated heterocycles. The molecule has 5 heteroatoms. The van der Waals surface area contributed by atoms with E-state index in [0.29, 0.717) is 12.5 Å². The minimum atomic E-state index is -0.210. The summed E-state index contributed by atoms with van der Waals surface area (Å²) < 4.78 is 13.1. The third-order valence-corrected chi connectivity index (χ3v) is 5.82. The van der Waals surface area contributed by atoms with Crippen LogP contribution in [-0.4, -0.2) is 43.5 Å². The lowest BCUT2D eigenvalue weighted by Crippen LogP contribution is -2.31. The van der Waals surface area contributed by atoms with Crippen molar-refractivity contribution in [1.82, 2.24) is 10.2 Å². The molecule has 0 spiro atoms. The van der Waals surface area contributed by atoms with E-state index in [1.807, 2.05) is 30.3 Å². The molecule has 0 bridgehead atoms. The molecular weight excluding hydrogens is 353 g/mol. The Morgan fingerprint density at radius 3 is 2.64 bits per heavy atom.